The SMILES string of the molecule is Cc1nnc(N2CC(CO)CC2=O)o1. The largest absolute Gasteiger partial charge is 0.408 e. The zero-order valence-electron chi connectivity index (χ0n) is 7.80. The Morgan fingerprint density at radius 3 is 2.93 bits per heavy atom. The predicted octanol–water partition coefficient (Wildman–Crippen LogP) is -0.277. The van der Waals surface area contributed by atoms with E-state index in [2.05, 4.69) is 10.2 Å². The lowest BCUT2D eigenvalue weighted by atomic mass is 10.1. The Bertz CT molecular complexity index is 349. The molecular weight excluding hydrogens is 186 g/mol. The van der Waals surface area contributed by atoms with Crippen molar-refractivity contribution in [2.75, 3.05) is 18.1 Å². The summed E-state index contributed by atoms with van der Waals surface area (Å²) in [6, 6.07) is 0.225. The summed E-state index contributed by atoms with van der Waals surface area (Å²) in [4.78, 5) is 12.9. The molecule has 2 rings (SSSR count). The molecule has 1 unspecified atom stereocenters. The van der Waals surface area contributed by atoms with Gasteiger partial charge in [0.15, 0.2) is 0 Å². The van der Waals surface area contributed by atoms with Crippen molar-refractivity contribution >= 4 is 11.9 Å². The summed E-state index contributed by atoms with van der Waals surface area (Å²) in [5, 5.41) is 16.3. The molecule has 1 atom stereocenters. The van der Waals surface area contributed by atoms with Crippen molar-refractivity contribution in [3.8, 4) is 0 Å². The van der Waals surface area contributed by atoms with E-state index in [1.54, 1.807) is 6.92 Å². The summed E-state index contributed by atoms with van der Waals surface area (Å²) < 4.78 is 5.13. The first-order valence-corrected chi connectivity index (χ1v) is 4.42. The van der Waals surface area contributed by atoms with Gasteiger partial charge in [-0.2, -0.15) is 0 Å². The van der Waals surface area contributed by atoms with Crippen LogP contribution in [-0.2, 0) is 4.79 Å². The van der Waals surface area contributed by atoms with Gasteiger partial charge in [0.25, 0.3) is 0 Å². The Morgan fingerprint density at radius 2 is 2.43 bits per heavy atom. The van der Waals surface area contributed by atoms with Gasteiger partial charge >= 0.3 is 6.01 Å². The van der Waals surface area contributed by atoms with Crippen LogP contribution in [0.25, 0.3) is 0 Å². The summed E-state index contributed by atoms with van der Waals surface area (Å²) >= 11 is 0. The van der Waals surface area contributed by atoms with Crippen LogP contribution < -0.4 is 4.90 Å². The van der Waals surface area contributed by atoms with Crippen molar-refractivity contribution in [1.29, 1.82) is 0 Å². The van der Waals surface area contributed by atoms with E-state index in [1.165, 1.54) is 4.90 Å². The number of carbonyl (C=O) groups is 1. The van der Waals surface area contributed by atoms with Crippen LogP contribution in [-0.4, -0.2) is 34.4 Å². The summed E-state index contributed by atoms with van der Waals surface area (Å²) in [5.74, 6) is 0.336. The number of nitrogens with zero attached hydrogens (tertiary/aromatic N) is 3. The summed E-state index contributed by atoms with van der Waals surface area (Å²) in [6.07, 6.45) is 0.345. The molecule has 0 bridgehead atoms. The van der Waals surface area contributed by atoms with Crippen LogP contribution in [0.3, 0.4) is 0 Å². The number of hydrogen-bond donors (Lipinski definition) is 1. The molecule has 1 amide bonds. The zero-order valence-corrected chi connectivity index (χ0v) is 7.80. The Hall–Kier alpha value is -1.43. The number of aliphatic hydroxyl groups is 1. The molecule has 1 aromatic heterocycles. The lowest BCUT2D eigenvalue weighted by Gasteiger charge is -2.09. The molecule has 0 spiro atoms. The maximum Gasteiger partial charge on any atom is 0.324 e. The quantitative estimate of drug-likeness (QED) is 0.705. The minimum absolute atomic E-state index is 0.00929. The first-order chi connectivity index (χ1) is 6.70. The number of rotatable bonds is 2. The monoisotopic (exact) mass is 197 g/mol. The molecule has 1 fully saturated rings. The molecular formula is C8H11N3O3. The fourth-order valence-electron chi connectivity index (χ4n) is 1.48. The van der Waals surface area contributed by atoms with Gasteiger partial charge in [-0.1, -0.05) is 5.10 Å². The molecule has 1 aliphatic rings. The highest BCUT2D eigenvalue weighted by Crippen LogP contribution is 2.23. The van der Waals surface area contributed by atoms with Crippen LogP contribution in [0.1, 0.15) is 12.3 Å². The minimum Gasteiger partial charge on any atom is -0.408 e. The molecule has 1 saturated heterocycles. The number of aryl methyl sites for hydroxylation is 1. The number of aliphatic hydroxyl groups excluding tert-OH is 1. The molecule has 14 heavy (non-hydrogen) atoms. The van der Waals surface area contributed by atoms with Crippen LogP contribution in [0.15, 0.2) is 4.42 Å². The Labute approximate surface area is 80.5 Å². The first-order valence-electron chi connectivity index (χ1n) is 4.42. The Balaban J connectivity index is 2.16. The molecule has 6 nitrogen and oxygen atoms in total. The van der Waals surface area contributed by atoms with Gasteiger partial charge in [0.1, 0.15) is 0 Å². The lowest BCUT2D eigenvalue weighted by molar-refractivity contribution is -0.117. The van der Waals surface area contributed by atoms with E-state index >= 15 is 0 Å². The average Bonchev–Trinajstić information content (AvgIpc) is 2.71. The van der Waals surface area contributed by atoms with E-state index in [0.717, 1.165) is 0 Å². The van der Waals surface area contributed by atoms with Gasteiger partial charge < -0.3 is 9.52 Å². The molecule has 1 N–H and O–H groups in total. The normalized spacial score (nSPS) is 22.0. The highest BCUT2D eigenvalue weighted by atomic mass is 16.4. The van der Waals surface area contributed by atoms with Gasteiger partial charge in [-0.05, 0) is 0 Å². The first kappa shape index (κ1) is 9.14. The molecule has 1 aromatic rings. The third-order valence-corrected chi connectivity index (χ3v) is 2.21. The van der Waals surface area contributed by atoms with E-state index in [4.69, 9.17) is 9.52 Å². The van der Waals surface area contributed by atoms with Crippen molar-refractivity contribution in [2.45, 2.75) is 13.3 Å². The molecule has 0 radical (unpaired) electrons. The van der Waals surface area contributed by atoms with E-state index < -0.39 is 0 Å². The van der Waals surface area contributed by atoms with Gasteiger partial charge in [0, 0.05) is 32.4 Å². The predicted molar refractivity (Wildman–Crippen MR) is 46.6 cm³/mol. The van der Waals surface area contributed by atoms with Crippen molar-refractivity contribution in [2.24, 2.45) is 5.92 Å². The number of aromatic nitrogens is 2. The molecule has 0 aliphatic carbocycles. The average molecular weight is 197 g/mol. The molecule has 0 aromatic carbocycles. The van der Waals surface area contributed by atoms with E-state index in [0.29, 0.717) is 18.9 Å². The van der Waals surface area contributed by atoms with Gasteiger partial charge in [-0.15, -0.1) is 5.10 Å². The second-order valence-electron chi connectivity index (χ2n) is 3.36. The second-order valence-corrected chi connectivity index (χ2v) is 3.36. The van der Waals surface area contributed by atoms with Gasteiger partial charge in [-0.3, -0.25) is 9.69 Å². The topological polar surface area (TPSA) is 79.5 Å². The Morgan fingerprint density at radius 1 is 1.64 bits per heavy atom. The van der Waals surface area contributed by atoms with E-state index in [1.807, 2.05) is 0 Å². The van der Waals surface area contributed by atoms with Crippen LogP contribution in [0.4, 0.5) is 6.01 Å². The van der Waals surface area contributed by atoms with E-state index in [-0.39, 0.29) is 24.4 Å². The lowest BCUT2D eigenvalue weighted by Crippen LogP contribution is -2.25. The fraction of sp³-hybridized carbons (Fsp3) is 0.625. The molecule has 0 saturated carbocycles. The van der Waals surface area contributed by atoms with Crippen molar-refractivity contribution in [3.05, 3.63) is 5.89 Å². The van der Waals surface area contributed by atoms with Crippen LogP contribution in [0.2, 0.25) is 0 Å². The highest BCUT2D eigenvalue weighted by Gasteiger charge is 2.32. The standard InChI is InChI=1S/C8H11N3O3/c1-5-9-10-8(14-5)11-3-6(4-12)2-7(11)13/h6,12H,2-4H2,1H3. The Kier molecular flexibility index (Phi) is 2.20. The molecule has 6 heteroatoms. The maximum absolute atomic E-state index is 11.4. The fourth-order valence-corrected chi connectivity index (χ4v) is 1.48. The van der Waals surface area contributed by atoms with Crippen LogP contribution in [0, 0.1) is 12.8 Å². The van der Waals surface area contributed by atoms with Crippen molar-refractivity contribution in [1.82, 2.24) is 10.2 Å². The van der Waals surface area contributed by atoms with Gasteiger partial charge in [-0.25, -0.2) is 0 Å². The number of hydrogen-bond acceptors (Lipinski definition) is 5. The van der Waals surface area contributed by atoms with Crippen LogP contribution >= 0.6 is 0 Å². The van der Waals surface area contributed by atoms with Crippen LogP contribution in [0.5, 0.6) is 0 Å². The summed E-state index contributed by atoms with van der Waals surface area (Å²) in [6.45, 7) is 2.13. The van der Waals surface area contributed by atoms with E-state index in [9.17, 15) is 4.79 Å². The number of carbonyl (C=O) groups excluding carboxylic acids is 1. The van der Waals surface area contributed by atoms with Gasteiger partial charge in [0.05, 0.1) is 0 Å². The summed E-state index contributed by atoms with van der Waals surface area (Å²) in [7, 11) is 0. The van der Waals surface area contributed by atoms with Gasteiger partial charge in [0.2, 0.25) is 11.8 Å². The van der Waals surface area contributed by atoms with Crippen molar-refractivity contribution in [3.63, 3.8) is 0 Å². The summed E-state index contributed by atoms with van der Waals surface area (Å²) in [5.41, 5.74) is 0. The minimum atomic E-state index is -0.0762. The van der Waals surface area contributed by atoms with Crippen molar-refractivity contribution < 1.29 is 14.3 Å². The maximum atomic E-state index is 11.4. The smallest absolute Gasteiger partial charge is 0.324 e. The number of anilines is 1. The second kappa shape index (κ2) is 3.38. The zero-order chi connectivity index (χ0) is 10.1. The molecule has 2 heterocycles. The molecule has 1 aliphatic heterocycles. The number of amides is 1. The third kappa shape index (κ3) is 1.48. The molecule has 76 valence electrons. The third-order valence-electron chi connectivity index (χ3n) is 2.21. The highest BCUT2D eigenvalue weighted by molar-refractivity contribution is 5.93.